The van der Waals surface area contributed by atoms with Gasteiger partial charge < -0.3 is 37.5 Å². The van der Waals surface area contributed by atoms with Crippen molar-refractivity contribution in [2.75, 3.05) is 32.8 Å². The Bertz CT molecular complexity index is 997. The van der Waals surface area contributed by atoms with Gasteiger partial charge in [-0.3, -0.25) is 14.4 Å². The van der Waals surface area contributed by atoms with Crippen molar-refractivity contribution in [1.29, 1.82) is 0 Å². The molecule has 0 radical (unpaired) electrons. The molecular weight excluding hydrogens is 496 g/mol. The summed E-state index contributed by atoms with van der Waals surface area (Å²) >= 11 is 0. The number of nitrogens with zero attached hydrogens (tertiary/aromatic N) is 1. The predicted molar refractivity (Wildman–Crippen MR) is 153 cm³/mol. The molecule has 0 heterocycles. The molecule has 3 amide bonds. The molecule has 0 saturated carbocycles. The molecule has 0 bridgehead atoms. The Kier molecular flexibility index (Phi) is 14.6. The summed E-state index contributed by atoms with van der Waals surface area (Å²) < 4.78 is 5.69. The lowest BCUT2D eigenvalue weighted by Gasteiger charge is -2.24. The van der Waals surface area contributed by atoms with Crippen LogP contribution in [0.4, 0.5) is 0 Å². The summed E-state index contributed by atoms with van der Waals surface area (Å²) in [6, 6.07) is 15.3. The Morgan fingerprint density at radius 2 is 1.59 bits per heavy atom. The summed E-state index contributed by atoms with van der Waals surface area (Å²) in [5, 5.41) is 5.66. The van der Waals surface area contributed by atoms with E-state index in [4.69, 9.17) is 21.9 Å². The normalized spacial score (nSPS) is 12.3. The number of nitrogens with one attached hydrogen (secondary N) is 2. The highest BCUT2D eigenvalue weighted by molar-refractivity contribution is 5.92. The van der Waals surface area contributed by atoms with E-state index in [-0.39, 0.29) is 31.3 Å². The highest BCUT2D eigenvalue weighted by Gasteiger charge is 2.26. The third-order valence-corrected chi connectivity index (χ3v) is 6.24. The van der Waals surface area contributed by atoms with Gasteiger partial charge in [0.05, 0.1) is 19.1 Å². The zero-order valence-electron chi connectivity index (χ0n) is 22.9. The molecule has 0 saturated heterocycles. The van der Waals surface area contributed by atoms with E-state index < -0.39 is 18.0 Å². The Morgan fingerprint density at radius 3 is 2.21 bits per heavy atom. The van der Waals surface area contributed by atoms with Gasteiger partial charge >= 0.3 is 0 Å². The molecule has 8 N–H and O–H groups in total. The van der Waals surface area contributed by atoms with E-state index in [1.54, 1.807) is 0 Å². The number of hydrogen-bond donors (Lipinski definition) is 5. The molecule has 39 heavy (non-hydrogen) atoms. The Hall–Kier alpha value is -3.47. The molecule has 0 aliphatic carbocycles. The van der Waals surface area contributed by atoms with Gasteiger partial charge in [0.15, 0.2) is 0 Å². The van der Waals surface area contributed by atoms with Gasteiger partial charge in [0.2, 0.25) is 17.7 Å². The lowest BCUT2D eigenvalue weighted by Crippen LogP contribution is -2.53. The van der Waals surface area contributed by atoms with Gasteiger partial charge in [-0.25, -0.2) is 0 Å². The van der Waals surface area contributed by atoms with Crippen LogP contribution in [-0.4, -0.2) is 67.5 Å². The maximum atomic E-state index is 13.1. The van der Waals surface area contributed by atoms with E-state index in [9.17, 15) is 14.4 Å². The lowest BCUT2D eigenvalue weighted by atomic mass is 10.0. The number of hydrogen-bond acceptors (Lipinski definition) is 7. The van der Waals surface area contributed by atoms with Crippen molar-refractivity contribution in [3.63, 3.8) is 0 Å². The zero-order valence-corrected chi connectivity index (χ0v) is 22.9. The first kappa shape index (κ1) is 31.7. The summed E-state index contributed by atoms with van der Waals surface area (Å²) in [7, 11) is 0. The van der Waals surface area contributed by atoms with Crippen LogP contribution in [-0.2, 0) is 27.3 Å². The van der Waals surface area contributed by atoms with Crippen LogP contribution in [0.25, 0.3) is 0 Å². The molecule has 10 nitrogen and oxygen atoms in total. The molecule has 2 aromatic rings. The van der Waals surface area contributed by atoms with Gasteiger partial charge in [-0.15, -0.1) is 0 Å². The van der Waals surface area contributed by atoms with Crippen LogP contribution in [0.5, 0.6) is 5.75 Å². The molecule has 0 fully saturated rings. The van der Waals surface area contributed by atoms with E-state index in [0.29, 0.717) is 39.1 Å². The van der Waals surface area contributed by atoms with Gasteiger partial charge in [0.1, 0.15) is 11.8 Å². The molecule has 0 aromatic heterocycles. The molecule has 0 spiro atoms. The number of benzene rings is 2. The number of carbonyl (C=O) groups excluding carboxylic acids is 3. The van der Waals surface area contributed by atoms with Gasteiger partial charge in [0, 0.05) is 32.7 Å². The Labute approximate surface area is 231 Å². The van der Waals surface area contributed by atoms with Gasteiger partial charge in [-0.1, -0.05) is 55.8 Å². The van der Waals surface area contributed by atoms with E-state index in [0.717, 1.165) is 29.7 Å². The van der Waals surface area contributed by atoms with E-state index in [2.05, 4.69) is 17.6 Å². The number of rotatable bonds is 18. The fourth-order valence-corrected chi connectivity index (χ4v) is 3.94. The molecule has 0 aliphatic rings. The first-order valence-electron chi connectivity index (χ1n) is 13.6. The van der Waals surface area contributed by atoms with Crippen molar-refractivity contribution < 1.29 is 19.1 Å². The van der Waals surface area contributed by atoms with Crippen LogP contribution in [0.3, 0.4) is 0 Å². The van der Waals surface area contributed by atoms with E-state index in [1.165, 1.54) is 4.90 Å². The Morgan fingerprint density at radius 1 is 0.923 bits per heavy atom. The fourth-order valence-electron chi connectivity index (χ4n) is 3.94. The first-order chi connectivity index (χ1) is 18.9. The minimum atomic E-state index is -1.11. The standard InChI is InChI=1S/C29H44N6O4/c1-2-3-19-39-24-12-9-23(10-13-24)21-33-29(38)26(14-11-22-7-5-4-6-8-22)34-28(37)25(32)20-27(36)35(17-15-30)18-16-31/h4-10,12-13,25-26H,2-3,11,14-21,30-32H2,1H3,(H,33,38)(H,34,37)/t25-,26-/m0/s1. The summed E-state index contributed by atoms with van der Waals surface area (Å²) in [4.78, 5) is 40.1. The third kappa shape index (κ3) is 11.8. The number of ether oxygens (including phenoxy) is 1. The third-order valence-electron chi connectivity index (χ3n) is 6.24. The number of unbranched alkanes of at least 4 members (excludes halogenated alkanes) is 1. The van der Waals surface area contributed by atoms with Crippen LogP contribution >= 0.6 is 0 Å². The van der Waals surface area contributed by atoms with Crippen LogP contribution in [0.1, 0.15) is 43.7 Å². The van der Waals surface area contributed by atoms with Crippen LogP contribution in [0.2, 0.25) is 0 Å². The highest BCUT2D eigenvalue weighted by Crippen LogP contribution is 2.13. The molecule has 2 rings (SSSR count). The second kappa shape index (κ2) is 17.9. The van der Waals surface area contributed by atoms with Crippen molar-refractivity contribution in [2.45, 2.75) is 57.7 Å². The largest absolute Gasteiger partial charge is 0.494 e. The van der Waals surface area contributed by atoms with Crippen molar-refractivity contribution in [3.05, 3.63) is 65.7 Å². The van der Waals surface area contributed by atoms with Crippen molar-refractivity contribution in [3.8, 4) is 5.75 Å². The highest BCUT2D eigenvalue weighted by atomic mass is 16.5. The second-order valence-electron chi connectivity index (χ2n) is 9.42. The van der Waals surface area contributed by atoms with E-state index in [1.807, 2.05) is 54.6 Å². The Balaban J connectivity index is 2.00. The zero-order chi connectivity index (χ0) is 28.5. The average Bonchev–Trinajstić information content (AvgIpc) is 2.95. The monoisotopic (exact) mass is 540 g/mol. The number of carbonyl (C=O) groups is 3. The topological polar surface area (TPSA) is 166 Å². The van der Waals surface area contributed by atoms with E-state index >= 15 is 0 Å². The molecule has 0 aliphatic heterocycles. The SMILES string of the molecule is CCCCOc1ccc(CNC(=O)[C@H](CCc2ccccc2)NC(=O)[C@@H](N)CC(=O)N(CCN)CCN)cc1. The smallest absolute Gasteiger partial charge is 0.242 e. The maximum Gasteiger partial charge on any atom is 0.242 e. The van der Waals surface area contributed by atoms with Crippen LogP contribution in [0.15, 0.2) is 54.6 Å². The van der Waals surface area contributed by atoms with Gasteiger partial charge in [0.25, 0.3) is 0 Å². The number of nitrogens with two attached hydrogens (primary N) is 3. The van der Waals surface area contributed by atoms with Crippen molar-refractivity contribution >= 4 is 17.7 Å². The quantitative estimate of drug-likeness (QED) is 0.176. The first-order valence-corrected chi connectivity index (χ1v) is 13.6. The summed E-state index contributed by atoms with van der Waals surface area (Å²) in [5.41, 5.74) is 19.2. The molecule has 0 unspecified atom stereocenters. The van der Waals surface area contributed by atoms with Crippen molar-refractivity contribution in [1.82, 2.24) is 15.5 Å². The lowest BCUT2D eigenvalue weighted by molar-refractivity contribution is -0.135. The summed E-state index contributed by atoms with van der Waals surface area (Å²) in [6.45, 7) is 4.30. The van der Waals surface area contributed by atoms with Gasteiger partial charge in [-0.2, -0.15) is 0 Å². The molecule has 10 heteroatoms. The number of aryl methyl sites for hydroxylation is 1. The molecule has 2 atom stereocenters. The summed E-state index contributed by atoms with van der Waals surface area (Å²) in [6.07, 6.45) is 2.81. The maximum absolute atomic E-state index is 13.1. The van der Waals surface area contributed by atoms with Gasteiger partial charge in [-0.05, 0) is 42.5 Å². The predicted octanol–water partition coefficient (Wildman–Crippen LogP) is 1.06. The number of amides is 3. The molecular formula is C29H44N6O4. The van der Waals surface area contributed by atoms with Crippen molar-refractivity contribution in [2.24, 2.45) is 17.2 Å². The molecule has 214 valence electrons. The minimum Gasteiger partial charge on any atom is -0.494 e. The molecule has 2 aromatic carbocycles. The fraction of sp³-hybridized carbons (Fsp3) is 0.483. The summed E-state index contributed by atoms with van der Waals surface area (Å²) in [5.74, 6) is -0.410. The average molecular weight is 541 g/mol. The second-order valence-corrected chi connectivity index (χ2v) is 9.42. The minimum absolute atomic E-state index is 0.203. The van der Waals surface area contributed by atoms with Crippen LogP contribution < -0.4 is 32.6 Å². The van der Waals surface area contributed by atoms with Crippen LogP contribution in [0, 0.1) is 0 Å².